The quantitative estimate of drug-likeness (QED) is 0.475. The molecule has 0 N–H and O–H groups in total. The zero-order valence-electron chi connectivity index (χ0n) is 18.9. The van der Waals surface area contributed by atoms with Gasteiger partial charge in [0.05, 0.1) is 23.8 Å². The van der Waals surface area contributed by atoms with Gasteiger partial charge in [0.25, 0.3) is 0 Å². The van der Waals surface area contributed by atoms with E-state index in [0.29, 0.717) is 28.1 Å². The Hall–Kier alpha value is -4.03. The van der Waals surface area contributed by atoms with Crippen LogP contribution in [0.2, 0.25) is 0 Å². The largest absolute Gasteiger partial charge is 0.489 e. The van der Waals surface area contributed by atoms with Gasteiger partial charge in [-0.05, 0) is 30.7 Å². The molecule has 1 heterocycles. The molecule has 0 bridgehead atoms. The molecule has 0 aliphatic rings. The fourth-order valence-electron chi connectivity index (χ4n) is 3.08. The van der Waals surface area contributed by atoms with E-state index in [2.05, 4.69) is 26.0 Å². The maximum Gasteiger partial charge on any atom is 0.355 e. The summed E-state index contributed by atoms with van der Waals surface area (Å²) in [6, 6.07) is 18.7. The molecule has 0 atom stereocenters. The summed E-state index contributed by atoms with van der Waals surface area (Å²) in [5.74, 6) is 0.147. The summed E-state index contributed by atoms with van der Waals surface area (Å²) in [6.45, 7) is 6.51. The molecule has 0 fully saturated rings. The number of carbonyl (C=O) groups excluding carboxylic acids is 1. The Labute approximate surface area is 189 Å². The molecule has 3 aromatic rings. The van der Waals surface area contributed by atoms with E-state index >= 15 is 0 Å². The topological polar surface area (TPSA) is 88.0 Å². The van der Waals surface area contributed by atoms with E-state index in [1.807, 2.05) is 18.2 Å². The minimum Gasteiger partial charge on any atom is -0.489 e. The average Bonchev–Trinajstić information content (AvgIpc) is 3.15. The summed E-state index contributed by atoms with van der Waals surface area (Å²) in [7, 11) is 1.71. The lowest BCUT2D eigenvalue weighted by Gasteiger charge is -2.10. The van der Waals surface area contributed by atoms with Crippen LogP contribution in [-0.2, 0) is 18.4 Å². The molecule has 32 heavy (non-hydrogen) atoms. The fourth-order valence-corrected chi connectivity index (χ4v) is 3.08. The lowest BCUT2D eigenvalue weighted by atomic mass is 10.0. The highest BCUT2D eigenvalue weighted by Crippen LogP contribution is 2.31. The number of nitrogens with zero attached hydrogens (tertiary/aromatic N) is 3. The van der Waals surface area contributed by atoms with Crippen molar-refractivity contribution in [3.63, 3.8) is 0 Å². The van der Waals surface area contributed by atoms with Crippen molar-refractivity contribution in [2.75, 3.05) is 6.61 Å². The van der Waals surface area contributed by atoms with Crippen molar-refractivity contribution in [3.8, 4) is 29.0 Å². The molecule has 0 unspecified atom stereocenters. The van der Waals surface area contributed by atoms with Crippen molar-refractivity contribution in [1.29, 1.82) is 10.5 Å². The van der Waals surface area contributed by atoms with Crippen molar-refractivity contribution >= 4 is 5.97 Å². The molecule has 0 saturated heterocycles. The van der Waals surface area contributed by atoms with Gasteiger partial charge in [-0.3, -0.25) is 0 Å². The molecule has 0 aliphatic heterocycles. The Morgan fingerprint density at radius 3 is 2.19 bits per heavy atom. The van der Waals surface area contributed by atoms with Gasteiger partial charge in [0, 0.05) is 24.4 Å². The van der Waals surface area contributed by atoms with Gasteiger partial charge in [0.15, 0.2) is 0 Å². The molecular weight excluding hydrogens is 402 g/mol. The van der Waals surface area contributed by atoms with Crippen LogP contribution < -0.4 is 4.74 Å². The zero-order chi connectivity index (χ0) is 23.5. The predicted octanol–water partition coefficient (Wildman–Crippen LogP) is 5.61. The van der Waals surface area contributed by atoms with Crippen LogP contribution in [0, 0.1) is 22.7 Å². The Morgan fingerprint density at radius 2 is 1.59 bits per heavy atom. The molecule has 1 aromatic heterocycles. The predicted molar refractivity (Wildman–Crippen MR) is 123 cm³/mol. The molecule has 3 rings (SSSR count). The van der Waals surface area contributed by atoms with E-state index in [-0.39, 0.29) is 13.2 Å². The van der Waals surface area contributed by atoms with Crippen LogP contribution in [0.5, 0.6) is 5.75 Å². The summed E-state index contributed by atoms with van der Waals surface area (Å²) in [5.41, 5.74) is 3.36. The molecule has 6 heteroatoms. The van der Waals surface area contributed by atoms with Gasteiger partial charge in [0.1, 0.15) is 24.1 Å². The lowest BCUT2D eigenvalue weighted by Crippen LogP contribution is -2.10. The van der Waals surface area contributed by atoms with Crippen molar-refractivity contribution in [1.82, 2.24) is 4.57 Å². The highest BCUT2D eigenvalue weighted by molar-refractivity contribution is 5.97. The highest BCUT2D eigenvalue weighted by atomic mass is 16.5. The smallest absolute Gasteiger partial charge is 0.355 e. The number of nitriles is 2. The molecule has 0 amide bonds. The van der Waals surface area contributed by atoms with Crippen LogP contribution in [0.3, 0.4) is 0 Å². The van der Waals surface area contributed by atoms with Gasteiger partial charge >= 0.3 is 5.97 Å². The van der Waals surface area contributed by atoms with Crippen LogP contribution in [0.15, 0.2) is 54.7 Å². The lowest BCUT2D eigenvalue weighted by molar-refractivity contribution is 0.0516. The van der Waals surface area contributed by atoms with Crippen molar-refractivity contribution in [2.45, 2.75) is 33.8 Å². The maximum atomic E-state index is 12.4. The highest BCUT2D eigenvalue weighted by Gasteiger charge is 2.22. The summed E-state index contributed by atoms with van der Waals surface area (Å²) in [4.78, 5) is 12.4. The van der Waals surface area contributed by atoms with Crippen LogP contribution in [-0.4, -0.2) is 17.1 Å². The number of carbonyl (C=O) groups is 1. The molecule has 0 spiro atoms. The van der Waals surface area contributed by atoms with Crippen LogP contribution in [0.25, 0.3) is 11.1 Å². The Kier molecular flexibility index (Phi) is 9.07. The van der Waals surface area contributed by atoms with Crippen LogP contribution >= 0.6 is 0 Å². The minimum absolute atomic E-state index is 0.252. The van der Waals surface area contributed by atoms with Crippen LogP contribution in [0.4, 0.5) is 0 Å². The third-order valence-electron chi connectivity index (χ3n) is 4.45. The van der Waals surface area contributed by atoms with Gasteiger partial charge in [-0.15, -0.1) is 0 Å². The molecule has 164 valence electrons. The van der Waals surface area contributed by atoms with Crippen molar-refractivity contribution in [3.05, 3.63) is 77.1 Å². The van der Waals surface area contributed by atoms with Gasteiger partial charge < -0.3 is 14.0 Å². The molecule has 2 aromatic carbocycles. The first-order chi connectivity index (χ1) is 15.5. The summed E-state index contributed by atoms with van der Waals surface area (Å²) >= 11 is 0. The monoisotopic (exact) mass is 429 g/mol. The van der Waals surface area contributed by atoms with Gasteiger partial charge in [0.2, 0.25) is 0 Å². The van der Waals surface area contributed by atoms with E-state index in [0.717, 1.165) is 11.1 Å². The number of ether oxygens (including phenoxy) is 2. The van der Waals surface area contributed by atoms with Gasteiger partial charge in [-0.2, -0.15) is 10.5 Å². The molecular formula is C26H27N3O3. The number of hydrogen-bond donors (Lipinski definition) is 0. The number of aromatic nitrogens is 1. The molecule has 0 saturated carbocycles. The van der Waals surface area contributed by atoms with Crippen LogP contribution in [0.1, 0.15) is 54.4 Å². The fraction of sp³-hybridized carbons (Fsp3) is 0.269. The number of rotatable bonds is 6. The Bertz CT molecular complexity index is 1130. The van der Waals surface area contributed by atoms with Gasteiger partial charge in [-0.25, -0.2) is 4.79 Å². The third kappa shape index (κ3) is 5.77. The maximum absolute atomic E-state index is 12.4. The summed E-state index contributed by atoms with van der Waals surface area (Å²) in [5, 5.41) is 18.6. The average molecular weight is 430 g/mol. The third-order valence-corrected chi connectivity index (χ3v) is 4.45. The van der Waals surface area contributed by atoms with E-state index < -0.39 is 5.97 Å². The van der Waals surface area contributed by atoms with E-state index in [4.69, 9.17) is 14.7 Å². The minimum atomic E-state index is -0.472. The molecule has 0 radical (unpaired) electrons. The van der Waals surface area contributed by atoms with E-state index in [1.165, 1.54) is 6.42 Å². The first-order valence-corrected chi connectivity index (χ1v) is 10.5. The van der Waals surface area contributed by atoms with Crippen molar-refractivity contribution < 1.29 is 14.3 Å². The second-order valence-electron chi connectivity index (χ2n) is 7.00. The second kappa shape index (κ2) is 12.0. The van der Waals surface area contributed by atoms with Gasteiger partial charge in [-0.1, -0.05) is 50.6 Å². The first kappa shape index (κ1) is 24.2. The standard InChI is InChI=1S/C23H19N3O3.C3H8/c1-3-28-23(27)22-21(19(13-25)14-26(22)2)16-8-10-20(11-9-16)29-15-18-7-5-4-6-17(18)12-24;1-3-2/h4-11,14H,3,15H2,1-2H3;3H2,1-2H3. The van der Waals surface area contributed by atoms with E-state index in [9.17, 15) is 10.1 Å². The van der Waals surface area contributed by atoms with E-state index in [1.54, 1.807) is 55.1 Å². The number of aryl methyl sites for hydroxylation is 1. The Morgan fingerprint density at radius 1 is 0.969 bits per heavy atom. The second-order valence-corrected chi connectivity index (χ2v) is 7.00. The normalized spacial score (nSPS) is 9.69. The SMILES string of the molecule is CCC.CCOC(=O)c1c(-c2ccc(OCc3ccccc3C#N)cc2)c(C#N)cn1C. The zero-order valence-corrected chi connectivity index (χ0v) is 18.9. The summed E-state index contributed by atoms with van der Waals surface area (Å²) < 4.78 is 12.5. The first-order valence-electron chi connectivity index (χ1n) is 10.5. The summed E-state index contributed by atoms with van der Waals surface area (Å²) in [6.07, 6.45) is 2.87. The number of benzene rings is 2. The number of esters is 1. The molecule has 6 nitrogen and oxygen atoms in total. The number of hydrogen-bond acceptors (Lipinski definition) is 5. The molecule has 0 aliphatic carbocycles. The Balaban J connectivity index is 0.00000114. The van der Waals surface area contributed by atoms with Crippen molar-refractivity contribution in [2.24, 2.45) is 7.05 Å².